The van der Waals surface area contributed by atoms with E-state index in [1.54, 1.807) is 47.5 Å². The van der Waals surface area contributed by atoms with Gasteiger partial charge in [0.1, 0.15) is 0 Å². The predicted octanol–water partition coefficient (Wildman–Crippen LogP) is 4.93. The average Bonchev–Trinajstić information content (AvgIpc) is 2.93. The molecular formula is C22H18ClN3O2S. The van der Waals surface area contributed by atoms with E-state index in [9.17, 15) is 9.59 Å². The molecule has 0 aliphatic rings. The van der Waals surface area contributed by atoms with Crippen LogP contribution in [0.15, 0.2) is 81.3 Å². The van der Waals surface area contributed by atoms with Gasteiger partial charge in [0.25, 0.3) is 5.91 Å². The molecule has 7 heteroatoms. The number of imidazole rings is 1. The third-order valence-electron chi connectivity index (χ3n) is 4.70. The number of rotatable bonds is 4. The van der Waals surface area contributed by atoms with Crippen LogP contribution in [0.2, 0.25) is 5.02 Å². The van der Waals surface area contributed by atoms with Gasteiger partial charge in [-0.3, -0.25) is 13.9 Å². The van der Waals surface area contributed by atoms with Gasteiger partial charge < -0.3 is 5.32 Å². The third kappa shape index (κ3) is 3.81. The third-order valence-corrected chi connectivity index (χ3v) is 6.02. The van der Waals surface area contributed by atoms with Crippen LogP contribution in [0.25, 0.3) is 11.0 Å². The quantitative estimate of drug-likeness (QED) is 0.506. The minimum Gasteiger partial charge on any atom is -0.321 e. The second kappa shape index (κ2) is 7.81. The van der Waals surface area contributed by atoms with Crippen LogP contribution in [0, 0.1) is 0 Å². The standard InChI is InChI=1S/C22H18ClN3O2S/c1-25-18-12-17(24-21(27)14-8-10-15(23)11-9-14)20(13-19(18)26(2)22(25)28)29-16-6-4-3-5-7-16/h3-13H,1-2H3,(H,24,27). The number of aryl methyl sites for hydroxylation is 2. The zero-order valence-electron chi connectivity index (χ0n) is 15.8. The highest BCUT2D eigenvalue weighted by molar-refractivity contribution is 7.99. The SMILES string of the molecule is Cn1c(=O)n(C)c2cc(Sc3ccccc3)c(NC(=O)c3ccc(Cl)cc3)cc21. The Kier molecular flexibility index (Phi) is 5.22. The van der Waals surface area contributed by atoms with Gasteiger partial charge in [0.05, 0.1) is 16.7 Å². The van der Waals surface area contributed by atoms with Gasteiger partial charge in [0.15, 0.2) is 0 Å². The van der Waals surface area contributed by atoms with E-state index < -0.39 is 0 Å². The van der Waals surface area contributed by atoms with Gasteiger partial charge in [-0.25, -0.2) is 4.79 Å². The highest BCUT2D eigenvalue weighted by Crippen LogP contribution is 2.36. The van der Waals surface area contributed by atoms with E-state index in [4.69, 9.17) is 11.6 Å². The van der Waals surface area contributed by atoms with Crippen LogP contribution in [0.1, 0.15) is 10.4 Å². The fraction of sp³-hybridized carbons (Fsp3) is 0.0909. The largest absolute Gasteiger partial charge is 0.328 e. The Morgan fingerprint density at radius 3 is 2.21 bits per heavy atom. The van der Waals surface area contributed by atoms with Crippen molar-refractivity contribution < 1.29 is 4.79 Å². The monoisotopic (exact) mass is 423 g/mol. The van der Waals surface area contributed by atoms with Crippen molar-refractivity contribution in [2.45, 2.75) is 9.79 Å². The molecule has 1 aromatic heterocycles. The number of carbonyl (C=O) groups excluding carboxylic acids is 1. The first-order valence-electron chi connectivity index (χ1n) is 8.93. The average molecular weight is 424 g/mol. The lowest BCUT2D eigenvalue weighted by Gasteiger charge is -2.12. The summed E-state index contributed by atoms with van der Waals surface area (Å²) in [5.74, 6) is -0.239. The summed E-state index contributed by atoms with van der Waals surface area (Å²) in [5.41, 5.74) is 2.60. The Balaban J connectivity index is 1.80. The number of hydrogen-bond donors (Lipinski definition) is 1. The second-order valence-corrected chi connectivity index (χ2v) is 8.17. The molecule has 4 rings (SSSR count). The molecule has 0 saturated carbocycles. The van der Waals surface area contributed by atoms with Crippen molar-refractivity contribution in [3.05, 3.63) is 87.8 Å². The van der Waals surface area contributed by atoms with Crippen molar-refractivity contribution in [1.82, 2.24) is 9.13 Å². The lowest BCUT2D eigenvalue weighted by atomic mass is 10.2. The molecule has 1 amide bonds. The summed E-state index contributed by atoms with van der Waals surface area (Å²) < 4.78 is 3.18. The number of amides is 1. The van der Waals surface area contributed by atoms with Crippen molar-refractivity contribution in [1.29, 1.82) is 0 Å². The number of aromatic nitrogens is 2. The van der Waals surface area contributed by atoms with E-state index in [1.807, 2.05) is 42.5 Å². The van der Waals surface area contributed by atoms with Gasteiger partial charge >= 0.3 is 5.69 Å². The van der Waals surface area contributed by atoms with Crippen LogP contribution in [0.5, 0.6) is 0 Å². The van der Waals surface area contributed by atoms with Gasteiger partial charge in [-0.05, 0) is 48.5 Å². The van der Waals surface area contributed by atoms with Crippen molar-refractivity contribution in [3.63, 3.8) is 0 Å². The molecule has 146 valence electrons. The van der Waals surface area contributed by atoms with Crippen LogP contribution in [-0.4, -0.2) is 15.0 Å². The summed E-state index contributed by atoms with van der Waals surface area (Å²) in [5, 5.41) is 3.56. The first kappa shape index (κ1) is 19.4. The Bertz CT molecular complexity index is 1260. The van der Waals surface area contributed by atoms with E-state index in [0.29, 0.717) is 16.3 Å². The number of nitrogens with one attached hydrogen (secondary N) is 1. The lowest BCUT2D eigenvalue weighted by molar-refractivity contribution is 0.102. The molecule has 0 atom stereocenters. The van der Waals surface area contributed by atoms with E-state index in [2.05, 4.69) is 5.32 Å². The minimum atomic E-state index is -0.239. The van der Waals surface area contributed by atoms with E-state index in [-0.39, 0.29) is 11.6 Å². The molecule has 0 bridgehead atoms. The molecule has 0 radical (unpaired) electrons. The summed E-state index contributed by atoms with van der Waals surface area (Å²) in [4.78, 5) is 27.0. The molecule has 0 fully saturated rings. The predicted molar refractivity (Wildman–Crippen MR) is 118 cm³/mol. The Morgan fingerprint density at radius 2 is 1.55 bits per heavy atom. The summed E-state index contributed by atoms with van der Waals surface area (Å²) in [6, 6.07) is 20.4. The van der Waals surface area contributed by atoms with Crippen molar-refractivity contribution in [2.75, 3.05) is 5.32 Å². The van der Waals surface area contributed by atoms with Gasteiger partial charge in [0.2, 0.25) is 0 Å². The number of benzene rings is 3. The number of anilines is 1. The first-order chi connectivity index (χ1) is 13.9. The summed E-state index contributed by atoms with van der Waals surface area (Å²) >= 11 is 7.45. The minimum absolute atomic E-state index is 0.114. The topological polar surface area (TPSA) is 56.0 Å². The van der Waals surface area contributed by atoms with E-state index in [0.717, 1.165) is 20.8 Å². The smallest absolute Gasteiger partial charge is 0.321 e. The maximum atomic E-state index is 12.8. The van der Waals surface area contributed by atoms with Gasteiger partial charge in [-0.2, -0.15) is 0 Å². The molecule has 0 saturated heterocycles. The molecular weight excluding hydrogens is 406 g/mol. The fourth-order valence-corrected chi connectivity index (χ4v) is 4.18. The molecule has 5 nitrogen and oxygen atoms in total. The molecule has 0 unspecified atom stereocenters. The van der Waals surface area contributed by atoms with Gasteiger partial charge in [-0.15, -0.1) is 0 Å². The Morgan fingerprint density at radius 1 is 0.931 bits per heavy atom. The number of nitrogens with zero attached hydrogens (tertiary/aromatic N) is 2. The molecule has 1 N–H and O–H groups in total. The van der Waals surface area contributed by atoms with Gasteiger partial charge in [0, 0.05) is 34.5 Å². The molecule has 4 aromatic rings. The Hall–Kier alpha value is -2.96. The van der Waals surface area contributed by atoms with Crippen LogP contribution >= 0.6 is 23.4 Å². The lowest BCUT2D eigenvalue weighted by Crippen LogP contribution is -2.19. The molecule has 1 heterocycles. The molecule has 29 heavy (non-hydrogen) atoms. The van der Waals surface area contributed by atoms with Gasteiger partial charge in [-0.1, -0.05) is 41.6 Å². The molecule has 0 aliphatic carbocycles. The zero-order valence-corrected chi connectivity index (χ0v) is 17.4. The summed E-state index contributed by atoms with van der Waals surface area (Å²) in [6.07, 6.45) is 0. The van der Waals surface area contributed by atoms with Crippen LogP contribution in [0.4, 0.5) is 5.69 Å². The second-order valence-electron chi connectivity index (χ2n) is 6.61. The zero-order chi connectivity index (χ0) is 20.5. The molecule has 0 aliphatic heterocycles. The number of carbonyl (C=O) groups is 1. The summed E-state index contributed by atoms with van der Waals surface area (Å²) in [7, 11) is 3.47. The van der Waals surface area contributed by atoms with Crippen LogP contribution in [0.3, 0.4) is 0 Å². The maximum Gasteiger partial charge on any atom is 0.328 e. The number of fused-ring (bicyclic) bond motifs is 1. The number of hydrogen-bond acceptors (Lipinski definition) is 3. The van der Waals surface area contributed by atoms with E-state index >= 15 is 0 Å². The number of halogens is 1. The first-order valence-corrected chi connectivity index (χ1v) is 10.1. The van der Waals surface area contributed by atoms with Crippen molar-refractivity contribution in [2.24, 2.45) is 14.1 Å². The Labute approximate surface area is 176 Å². The molecule has 3 aromatic carbocycles. The highest BCUT2D eigenvalue weighted by Gasteiger charge is 2.16. The highest BCUT2D eigenvalue weighted by atomic mass is 35.5. The molecule has 0 spiro atoms. The van der Waals surface area contributed by atoms with Crippen molar-refractivity contribution in [3.8, 4) is 0 Å². The normalized spacial score (nSPS) is 11.0. The van der Waals surface area contributed by atoms with E-state index in [1.165, 1.54) is 11.8 Å². The fourth-order valence-electron chi connectivity index (χ4n) is 3.12. The maximum absolute atomic E-state index is 12.8. The van der Waals surface area contributed by atoms with Crippen molar-refractivity contribution >= 4 is 46.0 Å². The van der Waals surface area contributed by atoms with Crippen LogP contribution in [-0.2, 0) is 14.1 Å². The van der Waals surface area contributed by atoms with Crippen LogP contribution < -0.4 is 11.0 Å². The summed E-state index contributed by atoms with van der Waals surface area (Å²) in [6.45, 7) is 0.